The van der Waals surface area contributed by atoms with Gasteiger partial charge in [0.15, 0.2) is 0 Å². The van der Waals surface area contributed by atoms with Crippen molar-refractivity contribution >= 4 is 0 Å². The quantitative estimate of drug-likeness (QED) is 0.601. The van der Waals surface area contributed by atoms with E-state index in [0.717, 1.165) is 19.3 Å². The lowest BCUT2D eigenvalue weighted by molar-refractivity contribution is 0.0907. The molecule has 0 aromatic rings. The molecule has 0 spiro atoms. The molecule has 0 amide bonds. The Morgan fingerprint density at radius 2 is 2.15 bits per heavy atom. The molecule has 1 rings (SSSR count). The number of rotatable bonds is 4. The van der Waals surface area contributed by atoms with E-state index in [2.05, 4.69) is 19.2 Å². The molecule has 0 saturated heterocycles. The fourth-order valence-electron chi connectivity index (χ4n) is 1.96. The Labute approximate surface area is 80.2 Å². The van der Waals surface area contributed by atoms with Crippen LogP contribution in [-0.2, 0) is 0 Å². The molecule has 1 aliphatic rings. The highest BCUT2D eigenvalue weighted by atomic mass is 16.3. The lowest BCUT2D eigenvalue weighted by atomic mass is 10.1. The number of nitrogens with one attached hydrogen (secondary N) is 1. The normalized spacial score (nSPS) is 36.5. The molecule has 4 atom stereocenters. The summed E-state index contributed by atoms with van der Waals surface area (Å²) in [6.07, 6.45) is 2.49. The van der Waals surface area contributed by atoms with Crippen LogP contribution < -0.4 is 5.32 Å². The van der Waals surface area contributed by atoms with Crippen molar-refractivity contribution in [3.05, 3.63) is 0 Å². The van der Waals surface area contributed by atoms with E-state index in [4.69, 9.17) is 5.11 Å². The highest BCUT2D eigenvalue weighted by Gasteiger charge is 2.32. The molecule has 0 aliphatic heterocycles. The molecule has 0 aromatic heterocycles. The van der Waals surface area contributed by atoms with Gasteiger partial charge in [0.1, 0.15) is 0 Å². The fraction of sp³-hybridized carbons (Fsp3) is 1.00. The summed E-state index contributed by atoms with van der Waals surface area (Å²) in [6, 6.07) is 0.900. The highest BCUT2D eigenvalue weighted by Crippen LogP contribution is 2.26. The van der Waals surface area contributed by atoms with Crippen LogP contribution in [-0.4, -0.2) is 35.0 Å². The maximum atomic E-state index is 9.54. The Bertz CT molecular complexity index is 150. The van der Waals surface area contributed by atoms with E-state index in [1.807, 2.05) is 0 Å². The van der Waals surface area contributed by atoms with Gasteiger partial charge in [-0.1, -0.05) is 6.92 Å². The van der Waals surface area contributed by atoms with Crippen LogP contribution in [0.25, 0.3) is 0 Å². The number of aliphatic hydroxyl groups excluding tert-OH is 2. The molecule has 0 bridgehead atoms. The molecule has 1 unspecified atom stereocenters. The van der Waals surface area contributed by atoms with Crippen molar-refractivity contribution in [1.82, 2.24) is 5.32 Å². The summed E-state index contributed by atoms with van der Waals surface area (Å²) in [6.45, 7) is 4.41. The van der Waals surface area contributed by atoms with Gasteiger partial charge >= 0.3 is 0 Å². The summed E-state index contributed by atoms with van der Waals surface area (Å²) < 4.78 is 0. The molecule has 3 nitrogen and oxygen atoms in total. The van der Waals surface area contributed by atoms with E-state index in [1.54, 1.807) is 0 Å². The lowest BCUT2D eigenvalue weighted by Crippen LogP contribution is -2.34. The van der Waals surface area contributed by atoms with Gasteiger partial charge in [-0.3, -0.25) is 0 Å². The maximum Gasteiger partial charge on any atom is 0.0605 e. The molecule has 3 heteroatoms. The predicted molar refractivity (Wildman–Crippen MR) is 52.5 cm³/mol. The molecule has 1 fully saturated rings. The van der Waals surface area contributed by atoms with Crippen LogP contribution in [0.1, 0.15) is 33.1 Å². The number of hydrogen-bond donors (Lipinski definition) is 3. The van der Waals surface area contributed by atoms with Crippen LogP contribution in [0.15, 0.2) is 0 Å². The Kier molecular flexibility index (Phi) is 4.16. The zero-order chi connectivity index (χ0) is 9.84. The topological polar surface area (TPSA) is 52.5 Å². The molecule has 78 valence electrons. The fourth-order valence-corrected chi connectivity index (χ4v) is 1.96. The SMILES string of the molecule is CCC(C)N[C@H]1C[C@H](CO)[C@H](O)C1. The van der Waals surface area contributed by atoms with Gasteiger partial charge in [-0.15, -0.1) is 0 Å². The second-order valence-electron chi connectivity index (χ2n) is 4.15. The van der Waals surface area contributed by atoms with Gasteiger partial charge in [0, 0.05) is 24.6 Å². The summed E-state index contributed by atoms with van der Waals surface area (Å²) in [5.74, 6) is 0.0848. The molecular formula is C10H21NO2. The first-order chi connectivity index (χ1) is 6.17. The monoisotopic (exact) mass is 187 g/mol. The second-order valence-corrected chi connectivity index (χ2v) is 4.15. The van der Waals surface area contributed by atoms with Crippen molar-refractivity contribution < 1.29 is 10.2 Å². The van der Waals surface area contributed by atoms with Crippen molar-refractivity contribution in [3.8, 4) is 0 Å². The molecule has 0 heterocycles. The predicted octanol–water partition coefficient (Wildman–Crippen LogP) is 0.506. The van der Waals surface area contributed by atoms with E-state index in [-0.39, 0.29) is 18.6 Å². The molecule has 0 aromatic carbocycles. The van der Waals surface area contributed by atoms with Crippen molar-refractivity contribution in [1.29, 1.82) is 0 Å². The molecule has 1 aliphatic carbocycles. The first-order valence-electron chi connectivity index (χ1n) is 5.22. The van der Waals surface area contributed by atoms with E-state index in [1.165, 1.54) is 0 Å². The first kappa shape index (κ1) is 11.0. The Hall–Kier alpha value is -0.120. The number of aliphatic hydroxyl groups is 2. The minimum absolute atomic E-state index is 0.0848. The van der Waals surface area contributed by atoms with Gasteiger partial charge < -0.3 is 15.5 Å². The molecule has 13 heavy (non-hydrogen) atoms. The maximum absolute atomic E-state index is 9.54. The molecular weight excluding hydrogens is 166 g/mol. The highest BCUT2D eigenvalue weighted by molar-refractivity contribution is 4.87. The minimum atomic E-state index is -0.313. The van der Waals surface area contributed by atoms with Crippen molar-refractivity contribution in [2.24, 2.45) is 5.92 Å². The lowest BCUT2D eigenvalue weighted by Gasteiger charge is -2.17. The van der Waals surface area contributed by atoms with Gasteiger partial charge in [0.25, 0.3) is 0 Å². The van der Waals surface area contributed by atoms with E-state index in [0.29, 0.717) is 12.1 Å². The standard InChI is InChI=1S/C10H21NO2/c1-3-7(2)11-9-4-8(6-12)10(13)5-9/h7-13H,3-6H2,1-2H3/t7?,8-,9+,10-/m1/s1. The summed E-state index contributed by atoms with van der Waals surface area (Å²) in [7, 11) is 0. The summed E-state index contributed by atoms with van der Waals surface area (Å²) >= 11 is 0. The molecule has 3 N–H and O–H groups in total. The Morgan fingerprint density at radius 1 is 1.46 bits per heavy atom. The molecule has 0 radical (unpaired) electrons. The summed E-state index contributed by atoms with van der Waals surface area (Å²) in [5.41, 5.74) is 0. The van der Waals surface area contributed by atoms with Crippen LogP contribution in [0.5, 0.6) is 0 Å². The second kappa shape index (κ2) is 4.94. The zero-order valence-electron chi connectivity index (χ0n) is 8.53. The van der Waals surface area contributed by atoms with Gasteiger partial charge in [-0.2, -0.15) is 0 Å². The third-order valence-corrected chi connectivity index (χ3v) is 3.02. The summed E-state index contributed by atoms with van der Waals surface area (Å²) in [4.78, 5) is 0. The van der Waals surface area contributed by atoms with Crippen LogP contribution in [0.4, 0.5) is 0 Å². The molecule has 1 saturated carbocycles. The van der Waals surface area contributed by atoms with Gasteiger partial charge in [0.2, 0.25) is 0 Å². The summed E-state index contributed by atoms with van der Waals surface area (Å²) in [5, 5.41) is 22.0. The Balaban J connectivity index is 2.31. The van der Waals surface area contributed by atoms with Crippen LogP contribution in [0, 0.1) is 5.92 Å². The van der Waals surface area contributed by atoms with Crippen LogP contribution in [0.3, 0.4) is 0 Å². The van der Waals surface area contributed by atoms with Gasteiger partial charge in [-0.25, -0.2) is 0 Å². The van der Waals surface area contributed by atoms with Crippen molar-refractivity contribution in [3.63, 3.8) is 0 Å². The van der Waals surface area contributed by atoms with E-state index >= 15 is 0 Å². The van der Waals surface area contributed by atoms with Crippen molar-refractivity contribution in [2.75, 3.05) is 6.61 Å². The zero-order valence-corrected chi connectivity index (χ0v) is 8.53. The largest absolute Gasteiger partial charge is 0.396 e. The Morgan fingerprint density at radius 3 is 2.62 bits per heavy atom. The van der Waals surface area contributed by atoms with E-state index < -0.39 is 0 Å². The first-order valence-corrected chi connectivity index (χ1v) is 5.22. The van der Waals surface area contributed by atoms with E-state index in [9.17, 15) is 5.11 Å². The third kappa shape index (κ3) is 2.93. The average Bonchev–Trinajstić information content (AvgIpc) is 2.46. The smallest absolute Gasteiger partial charge is 0.0605 e. The van der Waals surface area contributed by atoms with Gasteiger partial charge in [0.05, 0.1) is 6.10 Å². The van der Waals surface area contributed by atoms with Gasteiger partial charge in [-0.05, 0) is 26.2 Å². The van der Waals surface area contributed by atoms with Crippen LogP contribution >= 0.6 is 0 Å². The average molecular weight is 187 g/mol. The van der Waals surface area contributed by atoms with Crippen LogP contribution in [0.2, 0.25) is 0 Å². The third-order valence-electron chi connectivity index (χ3n) is 3.02. The minimum Gasteiger partial charge on any atom is -0.396 e. The number of hydrogen-bond acceptors (Lipinski definition) is 3. The van der Waals surface area contributed by atoms with Crippen molar-refractivity contribution in [2.45, 2.75) is 51.3 Å².